The molecule has 72 valence electrons. The van der Waals surface area contributed by atoms with Crippen molar-refractivity contribution in [1.29, 1.82) is 5.26 Å². The highest BCUT2D eigenvalue weighted by Crippen LogP contribution is 2.24. The molecule has 0 saturated carbocycles. The lowest BCUT2D eigenvalue weighted by atomic mass is 10.2. The van der Waals surface area contributed by atoms with Crippen LogP contribution in [0.3, 0.4) is 0 Å². The van der Waals surface area contributed by atoms with Crippen LogP contribution in [-0.4, -0.2) is 16.5 Å². The molecular weight excluding hydrogens is 184 g/mol. The van der Waals surface area contributed by atoms with Gasteiger partial charge in [-0.15, -0.1) is 0 Å². The van der Waals surface area contributed by atoms with Gasteiger partial charge in [0.25, 0.3) is 0 Å². The van der Waals surface area contributed by atoms with E-state index in [0.29, 0.717) is 5.56 Å². The number of anilines is 1. The second-order valence-corrected chi connectivity index (χ2v) is 2.59. The number of nitro groups is 1. The zero-order valence-corrected chi connectivity index (χ0v) is 7.52. The van der Waals surface area contributed by atoms with Crippen molar-refractivity contribution in [2.24, 2.45) is 0 Å². The van der Waals surface area contributed by atoms with Crippen molar-refractivity contribution in [3.05, 3.63) is 27.9 Å². The molecule has 6 heteroatoms. The van der Waals surface area contributed by atoms with Crippen molar-refractivity contribution in [3.8, 4) is 6.07 Å². The highest BCUT2D eigenvalue weighted by molar-refractivity contribution is 5.59. The van der Waals surface area contributed by atoms with E-state index in [0.717, 1.165) is 0 Å². The zero-order chi connectivity index (χ0) is 10.6. The van der Waals surface area contributed by atoms with Crippen molar-refractivity contribution in [2.75, 3.05) is 11.9 Å². The van der Waals surface area contributed by atoms with Crippen LogP contribution in [0.25, 0.3) is 0 Å². The average Bonchev–Trinajstić information content (AvgIpc) is 2.14. The number of rotatable bonds is 3. The summed E-state index contributed by atoms with van der Waals surface area (Å²) in [7, 11) is 0. The number of nitriles is 1. The fraction of sp³-hybridized carbons (Fsp3) is 0.250. The Labute approximate surface area is 80.3 Å². The summed E-state index contributed by atoms with van der Waals surface area (Å²) in [6, 6.07) is 3.38. The highest BCUT2D eigenvalue weighted by Gasteiger charge is 2.17. The van der Waals surface area contributed by atoms with Gasteiger partial charge in [0.05, 0.1) is 11.0 Å². The normalized spacial score (nSPS) is 9.14. The minimum atomic E-state index is -0.512. The maximum absolute atomic E-state index is 10.6. The third-order valence-electron chi connectivity index (χ3n) is 1.64. The van der Waals surface area contributed by atoms with Crippen LogP contribution in [0.15, 0.2) is 12.3 Å². The van der Waals surface area contributed by atoms with E-state index in [4.69, 9.17) is 5.26 Å². The third kappa shape index (κ3) is 1.95. The van der Waals surface area contributed by atoms with Crippen LogP contribution < -0.4 is 5.32 Å². The Morgan fingerprint density at radius 1 is 1.79 bits per heavy atom. The van der Waals surface area contributed by atoms with Gasteiger partial charge < -0.3 is 5.32 Å². The van der Waals surface area contributed by atoms with Crippen LogP contribution in [0, 0.1) is 28.4 Å². The van der Waals surface area contributed by atoms with Gasteiger partial charge >= 0.3 is 5.69 Å². The summed E-state index contributed by atoms with van der Waals surface area (Å²) in [5, 5.41) is 21.5. The fourth-order valence-electron chi connectivity index (χ4n) is 1.03. The highest BCUT2D eigenvalue weighted by atomic mass is 16.6. The number of nitrogens with one attached hydrogen (secondary N) is 1. The average molecular weight is 192 g/mol. The molecule has 0 saturated heterocycles. The summed E-state index contributed by atoms with van der Waals surface area (Å²) >= 11 is 0. The predicted octanol–water partition coefficient (Wildman–Crippen LogP) is 1.23. The molecule has 0 aromatic carbocycles. The molecule has 14 heavy (non-hydrogen) atoms. The lowest BCUT2D eigenvalue weighted by molar-refractivity contribution is -0.384. The van der Waals surface area contributed by atoms with E-state index >= 15 is 0 Å². The number of aromatic nitrogens is 1. The van der Waals surface area contributed by atoms with Gasteiger partial charge in [-0.2, -0.15) is 5.26 Å². The molecule has 0 fully saturated rings. The Morgan fingerprint density at radius 2 is 2.50 bits per heavy atom. The summed E-state index contributed by atoms with van der Waals surface area (Å²) < 4.78 is 0. The molecule has 1 aromatic heterocycles. The van der Waals surface area contributed by atoms with Crippen LogP contribution in [-0.2, 0) is 0 Å². The van der Waals surface area contributed by atoms with E-state index in [2.05, 4.69) is 10.3 Å². The number of nitrogens with zero attached hydrogens (tertiary/aromatic N) is 3. The van der Waals surface area contributed by atoms with Gasteiger partial charge in [0.15, 0.2) is 0 Å². The van der Waals surface area contributed by atoms with E-state index in [-0.39, 0.29) is 18.1 Å². The van der Waals surface area contributed by atoms with Crippen molar-refractivity contribution in [3.63, 3.8) is 0 Å². The summed E-state index contributed by atoms with van der Waals surface area (Å²) in [6.45, 7) is 1.62. The first kappa shape index (κ1) is 9.92. The van der Waals surface area contributed by atoms with E-state index in [1.54, 1.807) is 13.0 Å². The first-order valence-electron chi connectivity index (χ1n) is 3.87. The van der Waals surface area contributed by atoms with Crippen LogP contribution >= 0.6 is 0 Å². The van der Waals surface area contributed by atoms with Crippen LogP contribution in [0.5, 0.6) is 0 Å². The second kappa shape index (κ2) is 4.18. The zero-order valence-electron chi connectivity index (χ0n) is 7.52. The largest absolute Gasteiger partial charge is 0.351 e. The van der Waals surface area contributed by atoms with Crippen molar-refractivity contribution in [2.45, 2.75) is 6.92 Å². The van der Waals surface area contributed by atoms with E-state index in [1.807, 2.05) is 6.07 Å². The van der Waals surface area contributed by atoms with Crippen molar-refractivity contribution in [1.82, 2.24) is 4.98 Å². The Balaban J connectivity index is 3.09. The maximum atomic E-state index is 10.6. The number of pyridine rings is 1. The number of hydrogen-bond donors (Lipinski definition) is 1. The molecule has 0 radical (unpaired) electrons. The lowest BCUT2D eigenvalue weighted by Gasteiger charge is -2.03. The molecule has 0 atom stereocenters. The molecular formula is C8H8N4O2. The number of aryl methyl sites for hydroxylation is 1. The molecule has 0 aliphatic rings. The van der Waals surface area contributed by atoms with E-state index in [1.165, 1.54) is 6.20 Å². The third-order valence-corrected chi connectivity index (χ3v) is 1.64. The van der Waals surface area contributed by atoms with Gasteiger partial charge in [-0.3, -0.25) is 10.1 Å². The first-order chi connectivity index (χ1) is 6.66. The molecule has 1 aromatic rings. The molecule has 6 nitrogen and oxygen atoms in total. The molecule has 1 heterocycles. The smallest absolute Gasteiger partial charge is 0.314 e. The van der Waals surface area contributed by atoms with Gasteiger partial charge in [0.2, 0.25) is 5.82 Å². The van der Waals surface area contributed by atoms with Crippen molar-refractivity contribution >= 4 is 11.5 Å². The van der Waals surface area contributed by atoms with Gasteiger partial charge in [0.1, 0.15) is 6.54 Å². The van der Waals surface area contributed by atoms with E-state index < -0.39 is 4.92 Å². The Morgan fingerprint density at radius 3 is 3.07 bits per heavy atom. The topological polar surface area (TPSA) is 91.8 Å². The van der Waals surface area contributed by atoms with Gasteiger partial charge in [-0.25, -0.2) is 4.98 Å². The molecule has 1 rings (SSSR count). The summed E-state index contributed by atoms with van der Waals surface area (Å²) in [6.07, 6.45) is 1.46. The minimum Gasteiger partial charge on any atom is -0.351 e. The fourth-order valence-corrected chi connectivity index (χ4v) is 1.03. The molecule has 0 aliphatic heterocycles. The SMILES string of the molecule is Cc1ccnc(NCC#N)c1[N+](=O)[O-]. The lowest BCUT2D eigenvalue weighted by Crippen LogP contribution is -2.05. The number of hydrogen-bond acceptors (Lipinski definition) is 5. The van der Waals surface area contributed by atoms with E-state index in [9.17, 15) is 10.1 Å². The van der Waals surface area contributed by atoms with Crippen molar-refractivity contribution < 1.29 is 4.92 Å². The molecule has 0 amide bonds. The standard InChI is InChI=1S/C8H8N4O2/c1-6-2-4-10-8(11-5-3-9)7(6)12(13)14/h2,4H,5H2,1H3,(H,10,11). The minimum absolute atomic E-state index is 0.00269. The predicted molar refractivity (Wildman–Crippen MR) is 49.7 cm³/mol. The quantitative estimate of drug-likeness (QED) is 0.441. The molecule has 1 N–H and O–H groups in total. The monoisotopic (exact) mass is 192 g/mol. The maximum Gasteiger partial charge on any atom is 0.314 e. The molecule has 0 aliphatic carbocycles. The summed E-state index contributed by atoms with van der Waals surface area (Å²) in [5.74, 6) is 0.136. The molecule has 0 bridgehead atoms. The van der Waals surface area contributed by atoms with Gasteiger partial charge in [-0.1, -0.05) is 0 Å². The molecule has 0 unspecified atom stereocenters. The van der Waals surface area contributed by atoms with Crippen LogP contribution in [0.4, 0.5) is 11.5 Å². The summed E-state index contributed by atoms with van der Waals surface area (Å²) in [5.41, 5.74) is 0.438. The Bertz CT molecular complexity index is 397. The first-order valence-corrected chi connectivity index (χ1v) is 3.87. The Hall–Kier alpha value is -2.16. The second-order valence-electron chi connectivity index (χ2n) is 2.59. The van der Waals surface area contributed by atoms with Crippen LogP contribution in [0.1, 0.15) is 5.56 Å². The van der Waals surface area contributed by atoms with Gasteiger partial charge in [-0.05, 0) is 13.0 Å². The Kier molecular flexibility index (Phi) is 2.97. The van der Waals surface area contributed by atoms with Gasteiger partial charge in [0, 0.05) is 11.8 Å². The molecule has 0 spiro atoms. The van der Waals surface area contributed by atoms with Crippen LogP contribution in [0.2, 0.25) is 0 Å². The summed E-state index contributed by atoms with van der Waals surface area (Å²) in [4.78, 5) is 13.9.